The number of likely N-dealkylation sites (N-methyl/N-ethyl adjacent to an activating group) is 1. The molecule has 0 bridgehead atoms. The lowest BCUT2D eigenvalue weighted by molar-refractivity contribution is -0.870. The van der Waals surface area contributed by atoms with E-state index in [-0.39, 0.29) is 56.4 Å². The molecule has 1 saturated heterocycles. The first-order valence-electron chi connectivity index (χ1n) is 22.2. The number of rotatable bonds is 35. The maximum absolute atomic E-state index is 12.9. The fourth-order valence-corrected chi connectivity index (χ4v) is 7.67. The largest absolute Gasteiger partial charge is 0.756 e. The number of allylic oxidation sites excluding steroid dienone is 2. The number of carbonyl (C=O) groups is 3. The second kappa shape index (κ2) is 29.3. The predicted molar refractivity (Wildman–Crippen MR) is 221 cm³/mol. The van der Waals surface area contributed by atoms with Gasteiger partial charge in [-0.2, -0.15) is 0 Å². The zero-order valence-corrected chi connectivity index (χ0v) is 37.0. The molecule has 2 rings (SSSR count). The Morgan fingerprint density at radius 3 is 2.07 bits per heavy atom. The fourth-order valence-electron chi connectivity index (χ4n) is 6.94. The molecule has 12 nitrogen and oxygen atoms in total. The minimum absolute atomic E-state index is 0.0324. The van der Waals surface area contributed by atoms with Crippen LogP contribution >= 0.6 is 7.82 Å². The average Bonchev–Trinajstić information content (AvgIpc) is 3.83. The third kappa shape index (κ3) is 25.3. The highest BCUT2D eigenvalue weighted by atomic mass is 31.2. The monoisotopic (exact) mass is 828 g/mol. The second-order valence-electron chi connectivity index (χ2n) is 17.0. The Morgan fingerprint density at radius 1 is 0.842 bits per heavy atom. The van der Waals surface area contributed by atoms with Crippen LogP contribution < -0.4 is 4.89 Å². The Hall–Kier alpha value is -1.92. The Morgan fingerprint density at radius 2 is 1.44 bits per heavy atom. The maximum Gasteiger partial charge on any atom is 0.306 e. The number of phosphoric ester groups is 1. The van der Waals surface area contributed by atoms with Gasteiger partial charge in [-0.25, -0.2) is 0 Å². The van der Waals surface area contributed by atoms with Gasteiger partial charge >= 0.3 is 11.9 Å². The first-order chi connectivity index (χ1) is 27.2. The molecule has 0 aromatic heterocycles. The standard InChI is InChI=1S/C44H78NO11P/c1-6-8-10-12-14-15-16-17-18-19-20-22-24-28-43(48)52-34-36(35-54-57(50,51)53-31-30-45(3,4)5)55-44(49)29-25-27-41-42(56-41)32-38-37(39(46)33-40(38)47)26-23-21-13-11-9-7-2/h21,23,32,36-37,39,41-42,46H,6-20,22,24-31,33-35H2,1-5H3/b23-21-,38-32+/t36-,37?,39?,41?,42?/m1/s1. The fraction of sp³-hybridized carbons (Fsp3) is 0.841. The molecular formula is C44H78NO11P. The molecule has 6 atom stereocenters. The number of carbonyl (C=O) groups excluding carboxylic acids is 3. The van der Waals surface area contributed by atoms with E-state index >= 15 is 0 Å². The molecule has 0 aromatic rings. The van der Waals surface area contributed by atoms with Gasteiger partial charge in [-0.15, -0.1) is 0 Å². The smallest absolute Gasteiger partial charge is 0.306 e. The van der Waals surface area contributed by atoms with E-state index in [2.05, 4.69) is 26.0 Å². The Labute approximate surface area is 344 Å². The van der Waals surface area contributed by atoms with Gasteiger partial charge < -0.3 is 37.7 Å². The topological polar surface area (TPSA) is 161 Å². The number of Topliss-reactive ketones (excluding diaryl/α,β-unsaturated/α-hetero) is 1. The van der Waals surface area contributed by atoms with Crippen LogP contribution in [0.5, 0.6) is 0 Å². The van der Waals surface area contributed by atoms with Gasteiger partial charge in [-0.05, 0) is 50.2 Å². The van der Waals surface area contributed by atoms with Crippen molar-refractivity contribution in [1.82, 2.24) is 0 Å². The van der Waals surface area contributed by atoms with Gasteiger partial charge in [0.15, 0.2) is 11.9 Å². The zero-order chi connectivity index (χ0) is 41.9. The normalized spacial score (nSPS) is 21.9. The van der Waals surface area contributed by atoms with Crippen LogP contribution in [0.1, 0.15) is 162 Å². The number of hydrogen-bond donors (Lipinski definition) is 1. The van der Waals surface area contributed by atoms with E-state index in [1.807, 2.05) is 27.2 Å². The van der Waals surface area contributed by atoms with E-state index < -0.39 is 38.6 Å². The maximum atomic E-state index is 12.9. The molecule has 57 heavy (non-hydrogen) atoms. The van der Waals surface area contributed by atoms with Gasteiger partial charge in [0.25, 0.3) is 7.82 Å². The lowest BCUT2D eigenvalue weighted by atomic mass is 9.95. The van der Waals surface area contributed by atoms with Crippen molar-refractivity contribution in [3.63, 3.8) is 0 Å². The van der Waals surface area contributed by atoms with Crippen LogP contribution in [-0.4, -0.2) is 99.2 Å². The van der Waals surface area contributed by atoms with Gasteiger partial charge in [-0.3, -0.25) is 18.9 Å². The molecule has 2 fully saturated rings. The number of esters is 2. The molecule has 1 aliphatic heterocycles. The highest BCUT2D eigenvalue weighted by Gasteiger charge is 2.42. The summed E-state index contributed by atoms with van der Waals surface area (Å²) in [7, 11) is 1.02. The summed E-state index contributed by atoms with van der Waals surface area (Å²) in [6, 6.07) is 0. The number of ether oxygens (including phenoxy) is 3. The zero-order valence-electron chi connectivity index (χ0n) is 36.1. The molecule has 0 aromatic carbocycles. The second-order valence-corrected chi connectivity index (χ2v) is 18.4. The molecule has 1 aliphatic carbocycles. The van der Waals surface area contributed by atoms with Crippen molar-refractivity contribution in [2.45, 2.75) is 186 Å². The first-order valence-corrected chi connectivity index (χ1v) is 23.7. The van der Waals surface area contributed by atoms with Crippen molar-refractivity contribution < 1.29 is 56.7 Å². The Kier molecular flexibility index (Phi) is 26.4. The van der Waals surface area contributed by atoms with Crippen LogP contribution in [0.3, 0.4) is 0 Å². The van der Waals surface area contributed by atoms with Crippen LogP contribution in [0.2, 0.25) is 0 Å². The summed E-state index contributed by atoms with van der Waals surface area (Å²) in [5.41, 5.74) is 0.621. The molecule has 0 spiro atoms. The number of unbranched alkanes of at least 4 members (excludes halogenated alkanes) is 15. The number of epoxide rings is 1. The molecule has 1 heterocycles. The molecule has 0 amide bonds. The number of phosphoric acid groups is 1. The molecule has 330 valence electrons. The number of ketones is 1. The summed E-state index contributed by atoms with van der Waals surface area (Å²) < 4.78 is 39.7. The van der Waals surface area contributed by atoms with E-state index in [0.29, 0.717) is 42.3 Å². The highest BCUT2D eigenvalue weighted by Crippen LogP contribution is 2.39. The molecule has 1 saturated carbocycles. The summed E-state index contributed by atoms with van der Waals surface area (Å²) in [4.78, 5) is 50.5. The summed E-state index contributed by atoms with van der Waals surface area (Å²) >= 11 is 0. The summed E-state index contributed by atoms with van der Waals surface area (Å²) in [5.74, 6) is -1.31. The quantitative estimate of drug-likeness (QED) is 0.0124. The van der Waals surface area contributed by atoms with Crippen LogP contribution in [0.25, 0.3) is 0 Å². The summed E-state index contributed by atoms with van der Waals surface area (Å²) in [6.07, 6.45) is 25.8. The molecule has 2 aliphatic rings. The molecular weight excluding hydrogens is 749 g/mol. The third-order valence-electron chi connectivity index (χ3n) is 10.6. The van der Waals surface area contributed by atoms with Crippen molar-refractivity contribution in [2.24, 2.45) is 5.92 Å². The van der Waals surface area contributed by atoms with Crippen LogP contribution in [0.4, 0.5) is 0 Å². The van der Waals surface area contributed by atoms with Gasteiger partial charge in [0, 0.05) is 25.2 Å². The summed E-state index contributed by atoms with van der Waals surface area (Å²) in [5, 5.41) is 10.5. The summed E-state index contributed by atoms with van der Waals surface area (Å²) in [6.45, 7) is 3.88. The first kappa shape index (κ1) is 51.2. The van der Waals surface area contributed by atoms with Crippen LogP contribution in [-0.2, 0) is 42.2 Å². The van der Waals surface area contributed by atoms with Gasteiger partial charge in [0.1, 0.15) is 25.9 Å². The lowest BCUT2D eigenvalue weighted by Crippen LogP contribution is -2.37. The van der Waals surface area contributed by atoms with E-state index in [4.69, 9.17) is 23.3 Å². The number of quaternary nitrogens is 1. The number of aliphatic hydroxyl groups excluding tert-OH is 1. The highest BCUT2D eigenvalue weighted by molar-refractivity contribution is 7.45. The van der Waals surface area contributed by atoms with Crippen LogP contribution in [0.15, 0.2) is 23.8 Å². The van der Waals surface area contributed by atoms with Crippen molar-refractivity contribution in [3.05, 3.63) is 23.8 Å². The Balaban J connectivity index is 1.76. The average molecular weight is 828 g/mol. The van der Waals surface area contributed by atoms with Gasteiger partial charge in [-0.1, -0.05) is 116 Å². The van der Waals surface area contributed by atoms with Crippen molar-refractivity contribution in [1.29, 1.82) is 0 Å². The predicted octanol–water partition coefficient (Wildman–Crippen LogP) is 8.47. The van der Waals surface area contributed by atoms with E-state index in [1.165, 1.54) is 64.2 Å². The van der Waals surface area contributed by atoms with E-state index in [9.17, 15) is 28.9 Å². The van der Waals surface area contributed by atoms with Gasteiger partial charge in [0.2, 0.25) is 0 Å². The van der Waals surface area contributed by atoms with Crippen molar-refractivity contribution in [3.8, 4) is 0 Å². The molecule has 13 heteroatoms. The number of nitrogens with zero attached hydrogens (tertiary/aromatic N) is 1. The minimum Gasteiger partial charge on any atom is -0.756 e. The van der Waals surface area contributed by atoms with Gasteiger partial charge in [0.05, 0.1) is 40.0 Å². The minimum atomic E-state index is -4.70. The van der Waals surface area contributed by atoms with E-state index in [1.54, 1.807) is 0 Å². The van der Waals surface area contributed by atoms with Crippen LogP contribution in [0, 0.1) is 5.92 Å². The van der Waals surface area contributed by atoms with Crippen molar-refractivity contribution in [2.75, 3.05) is 47.5 Å². The SMILES string of the molecule is CCCCC/C=C\CC1/C(=C\C2OC2CCCC(=O)O[C@H](COC(=O)CCCCCCCCCCCCCCC)COP(=O)([O-])OCC[N+](C)(C)C)C(=O)CC1O. The van der Waals surface area contributed by atoms with E-state index in [0.717, 1.165) is 38.5 Å². The number of hydrogen-bond acceptors (Lipinski definition) is 11. The molecule has 5 unspecified atom stereocenters. The lowest BCUT2D eigenvalue weighted by Gasteiger charge is -2.28. The third-order valence-corrected chi connectivity index (χ3v) is 11.6. The number of aliphatic hydroxyl groups is 1. The van der Waals surface area contributed by atoms with Crippen molar-refractivity contribution >= 4 is 25.5 Å². The molecule has 0 radical (unpaired) electrons. The Bertz CT molecular complexity index is 1250. The molecule has 1 N–H and O–H groups in total.